The maximum Gasteiger partial charge on any atom is 0.127 e. The fourth-order valence-electron chi connectivity index (χ4n) is 3.11. The van der Waals surface area contributed by atoms with Crippen LogP contribution in [0.5, 0.6) is 0 Å². The van der Waals surface area contributed by atoms with Crippen molar-refractivity contribution in [3.8, 4) is 0 Å². The van der Waals surface area contributed by atoms with Gasteiger partial charge < -0.3 is 10.3 Å². The van der Waals surface area contributed by atoms with E-state index in [4.69, 9.17) is 10.7 Å². The van der Waals surface area contributed by atoms with E-state index in [1.54, 1.807) is 0 Å². The van der Waals surface area contributed by atoms with Gasteiger partial charge in [-0.1, -0.05) is 12.1 Å². The molecule has 2 atom stereocenters. The second kappa shape index (κ2) is 4.28. The first-order valence-corrected chi connectivity index (χ1v) is 7.16. The molecule has 0 amide bonds. The first-order chi connectivity index (χ1) is 10.1. The molecule has 1 saturated carbocycles. The number of imidazole rings is 1. The van der Waals surface area contributed by atoms with Crippen LogP contribution in [0.3, 0.4) is 0 Å². The highest BCUT2D eigenvalue weighted by atomic mass is 15.1. The van der Waals surface area contributed by atoms with Gasteiger partial charge in [0.2, 0.25) is 0 Å². The summed E-state index contributed by atoms with van der Waals surface area (Å²) in [5.41, 5.74) is 9.10. The molecule has 2 N–H and O–H groups in total. The van der Waals surface area contributed by atoms with Crippen LogP contribution in [0.25, 0.3) is 11.0 Å². The molecule has 0 spiro atoms. The second-order valence-corrected chi connectivity index (χ2v) is 5.73. The smallest absolute Gasteiger partial charge is 0.127 e. The van der Waals surface area contributed by atoms with Gasteiger partial charge in [0.15, 0.2) is 0 Å². The van der Waals surface area contributed by atoms with Crippen molar-refractivity contribution in [1.82, 2.24) is 19.5 Å². The van der Waals surface area contributed by atoms with Gasteiger partial charge in [0.25, 0.3) is 0 Å². The quantitative estimate of drug-likeness (QED) is 0.782. The Morgan fingerprint density at radius 1 is 1.14 bits per heavy atom. The van der Waals surface area contributed by atoms with Crippen LogP contribution < -0.4 is 5.73 Å². The highest BCUT2D eigenvalue weighted by Crippen LogP contribution is 2.54. The van der Waals surface area contributed by atoms with Gasteiger partial charge in [-0.15, -0.1) is 0 Å². The molecule has 3 aromatic rings. The lowest BCUT2D eigenvalue weighted by molar-refractivity contribution is 0.795. The summed E-state index contributed by atoms with van der Waals surface area (Å²) in [5, 5.41) is 0. The van der Waals surface area contributed by atoms with Crippen LogP contribution in [0.1, 0.15) is 35.6 Å². The molecular formula is C16H17N5. The number of para-hydroxylation sites is 2. The molecule has 1 fully saturated rings. The van der Waals surface area contributed by atoms with Crippen molar-refractivity contribution in [2.24, 2.45) is 7.05 Å². The molecule has 0 unspecified atom stereocenters. The molecule has 5 nitrogen and oxygen atoms in total. The SMILES string of the molecule is Cc1nc(N)cc([C@@H]2C[C@H]2c2nc3ccccc3n2C)n1. The topological polar surface area (TPSA) is 69.6 Å². The molecule has 0 bridgehead atoms. The van der Waals surface area contributed by atoms with E-state index in [9.17, 15) is 0 Å². The minimum atomic E-state index is 0.407. The highest BCUT2D eigenvalue weighted by Gasteiger charge is 2.43. The van der Waals surface area contributed by atoms with Crippen LogP contribution in [-0.4, -0.2) is 19.5 Å². The van der Waals surface area contributed by atoms with Gasteiger partial charge >= 0.3 is 0 Å². The Morgan fingerprint density at radius 2 is 1.95 bits per heavy atom. The molecule has 4 rings (SSSR count). The number of aryl methyl sites for hydroxylation is 2. The van der Waals surface area contributed by atoms with Crippen LogP contribution in [-0.2, 0) is 7.05 Å². The number of aromatic nitrogens is 4. The van der Waals surface area contributed by atoms with Crippen LogP contribution in [0.2, 0.25) is 0 Å². The van der Waals surface area contributed by atoms with Gasteiger partial charge in [-0.25, -0.2) is 15.0 Å². The predicted molar refractivity (Wildman–Crippen MR) is 82.0 cm³/mol. The van der Waals surface area contributed by atoms with Crippen molar-refractivity contribution in [2.45, 2.75) is 25.2 Å². The van der Waals surface area contributed by atoms with Crippen molar-refractivity contribution >= 4 is 16.9 Å². The number of benzene rings is 1. The van der Waals surface area contributed by atoms with E-state index >= 15 is 0 Å². The van der Waals surface area contributed by atoms with Crippen molar-refractivity contribution in [3.05, 3.63) is 47.7 Å². The zero-order valence-electron chi connectivity index (χ0n) is 12.1. The number of fused-ring (bicyclic) bond motifs is 1. The Bertz CT molecular complexity index is 816. The summed E-state index contributed by atoms with van der Waals surface area (Å²) in [6.45, 7) is 1.88. The van der Waals surface area contributed by atoms with Gasteiger partial charge in [-0.2, -0.15) is 0 Å². The first kappa shape index (κ1) is 12.3. The third kappa shape index (κ3) is 1.96. The van der Waals surface area contributed by atoms with Crippen molar-refractivity contribution in [1.29, 1.82) is 0 Å². The van der Waals surface area contributed by atoms with Gasteiger partial charge in [0, 0.05) is 24.9 Å². The minimum Gasteiger partial charge on any atom is -0.384 e. The molecule has 0 saturated heterocycles. The lowest BCUT2D eigenvalue weighted by Crippen LogP contribution is -2.01. The number of nitrogen functional groups attached to an aromatic ring is 1. The van der Waals surface area contributed by atoms with Crippen molar-refractivity contribution < 1.29 is 0 Å². The van der Waals surface area contributed by atoms with Gasteiger partial charge in [-0.05, 0) is 25.5 Å². The van der Waals surface area contributed by atoms with Gasteiger partial charge in [0.05, 0.1) is 16.7 Å². The number of nitrogens with zero attached hydrogens (tertiary/aromatic N) is 4. The van der Waals surface area contributed by atoms with E-state index in [0.717, 1.165) is 29.3 Å². The van der Waals surface area contributed by atoms with Crippen molar-refractivity contribution in [3.63, 3.8) is 0 Å². The zero-order valence-corrected chi connectivity index (χ0v) is 12.1. The summed E-state index contributed by atoms with van der Waals surface area (Å²) in [6.07, 6.45) is 1.08. The van der Waals surface area contributed by atoms with E-state index < -0.39 is 0 Å². The Balaban J connectivity index is 1.71. The minimum absolute atomic E-state index is 0.407. The molecule has 1 aromatic carbocycles. The molecule has 21 heavy (non-hydrogen) atoms. The van der Waals surface area contributed by atoms with Gasteiger partial charge in [0.1, 0.15) is 17.5 Å². The summed E-state index contributed by atoms with van der Waals surface area (Å²) in [5.74, 6) is 3.26. The highest BCUT2D eigenvalue weighted by molar-refractivity contribution is 5.76. The fourth-order valence-corrected chi connectivity index (χ4v) is 3.11. The maximum atomic E-state index is 5.83. The Labute approximate surface area is 122 Å². The summed E-state index contributed by atoms with van der Waals surface area (Å²) < 4.78 is 2.19. The third-order valence-corrected chi connectivity index (χ3v) is 4.20. The monoisotopic (exact) mass is 279 g/mol. The summed E-state index contributed by atoms with van der Waals surface area (Å²) in [6, 6.07) is 10.1. The molecule has 2 heterocycles. The van der Waals surface area contributed by atoms with Crippen LogP contribution >= 0.6 is 0 Å². The average Bonchev–Trinajstić information content (AvgIpc) is 3.17. The lowest BCUT2D eigenvalue weighted by atomic mass is 10.2. The van der Waals surface area contributed by atoms with E-state index in [0.29, 0.717) is 17.7 Å². The average molecular weight is 279 g/mol. The Kier molecular flexibility index (Phi) is 2.51. The number of hydrogen-bond acceptors (Lipinski definition) is 4. The Morgan fingerprint density at radius 3 is 2.71 bits per heavy atom. The van der Waals surface area contributed by atoms with E-state index in [-0.39, 0.29) is 0 Å². The molecule has 5 heteroatoms. The molecule has 1 aliphatic rings. The predicted octanol–water partition coefficient (Wildman–Crippen LogP) is 2.53. The third-order valence-electron chi connectivity index (χ3n) is 4.20. The van der Waals surface area contributed by atoms with E-state index in [1.807, 2.05) is 25.1 Å². The lowest BCUT2D eigenvalue weighted by Gasteiger charge is -2.04. The molecular weight excluding hydrogens is 262 g/mol. The van der Waals surface area contributed by atoms with E-state index in [2.05, 4.69) is 33.7 Å². The molecule has 1 aliphatic carbocycles. The molecule has 2 aromatic heterocycles. The molecule has 0 aliphatic heterocycles. The van der Waals surface area contributed by atoms with Crippen LogP contribution in [0.15, 0.2) is 30.3 Å². The number of rotatable bonds is 2. The molecule has 106 valence electrons. The zero-order chi connectivity index (χ0) is 14.6. The van der Waals surface area contributed by atoms with Crippen molar-refractivity contribution in [2.75, 3.05) is 5.73 Å². The maximum absolute atomic E-state index is 5.83. The number of anilines is 1. The number of nitrogens with two attached hydrogens (primary N) is 1. The Hall–Kier alpha value is -2.43. The summed E-state index contributed by atoms with van der Waals surface area (Å²) in [7, 11) is 2.08. The summed E-state index contributed by atoms with van der Waals surface area (Å²) in [4.78, 5) is 13.5. The second-order valence-electron chi connectivity index (χ2n) is 5.73. The largest absolute Gasteiger partial charge is 0.384 e. The van der Waals surface area contributed by atoms with E-state index in [1.165, 1.54) is 5.52 Å². The molecule has 0 radical (unpaired) electrons. The van der Waals surface area contributed by atoms with Gasteiger partial charge in [-0.3, -0.25) is 0 Å². The number of hydrogen-bond donors (Lipinski definition) is 1. The fraction of sp³-hybridized carbons (Fsp3) is 0.312. The summed E-state index contributed by atoms with van der Waals surface area (Å²) >= 11 is 0. The van der Waals surface area contributed by atoms with Crippen LogP contribution in [0.4, 0.5) is 5.82 Å². The normalized spacial score (nSPS) is 20.9. The standard InChI is InChI=1S/C16H17N5/c1-9-18-13(8-15(17)19-9)10-7-11(10)16-20-12-5-3-4-6-14(12)21(16)2/h3-6,8,10-11H,7H2,1-2H3,(H2,17,18,19)/t10-,11-/m1/s1. The first-order valence-electron chi connectivity index (χ1n) is 7.16. The van der Waals surface area contributed by atoms with Crippen LogP contribution in [0, 0.1) is 6.92 Å².